The molecule has 0 unspecified atom stereocenters. The molecule has 0 fully saturated rings. The number of carbonyl (C=O) groups excluding carboxylic acids is 1. The first kappa shape index (κ1) is 15.5. The van der Waals surface area contributed by atoms with Crippen LogP contribution in [0.25, 0.3) is 0 Å². The lowest BCUT2D eigenvalue weighted by atomic mass is 10.1. The number of aliphatic hydroxyl groups excluding tert-OH is 1. The lowest BCUT2D eigenvalue weighted by Gasteiger charge is -2.23. The quantitative estimate of drug-likeness (QED) is 0.794. The average molecular weight is 264 g/mol. The summed E-state index contributed by atoms with van der Waals surface area (Å²) in [4.78, 5) is 14.2. The van der Waals surface area contributed by atoms with Gasteiger partial charge in [-0.15, -0.1) is 0 Å². The number of hydrogen-bond acceptors (Lipinski definition) is 3. The fourth-order valence-electron chi connectivity index (χ4n) is 2.01. The first-order valence-corrected chi connectivity index (χ1v) is 6.82. The van der Waals surface area contributed by atoms with Gasteiger partial charge in [-0.3, -0.25) is 4.79 Å². The van der Waals surface area contributed by atoms with Crippen LogP contribution in [0.4, 0.5) is 5.69 Å². The monoisotopic (exact) mass is 264 g/mol. The molecule has 1 aromatic rings. The van der Waals surface area contributed by atoms with Crippen molar-refractivity contribution in [2.24, 2.45) is 0 Å². The molecule has 0 spiro atoms. The molecular formula is C15H24N2O2. The smallest absolute Gasteiger partial charge is 0.256 e. The molecule has 4 nitrogen and oxygen atoms in total. The maximum atomic E-state index is 12.5. The number of aryl methyl sites for hydroxylation is 1. The zero-order valence-corrected chi connectivity index (χ0v) is 12.1. The van der Waals surface area contributed by atoms with Crippen molar-refractivity contribution in [2.75, 3.05) is 32.1 Å². The van der Waals surface area contributed by atoms with Gasteiger partial charge < -0.3 is 15.3 Å². The number of nitrogens with zero attached hydrogens (tertiary/aromatic N) is 1. The second-order valence-electron chi connectivity index (χ2n) is 4.67. The Morgan fingerprint density at radius 3 is 2.68 bits per heavy atom. The van der Waals surface area contributed by atoms with Gasteiger partial charge in [0, 0.05) is 25.8 Å². The molecular weight excluding hydrogens is 240 g/mol. The summed E-state index contributed by atoms with van der Waals surface area (Å²) in [5, 5.41) is 12.2. The van der Waals surface area contributed by atoms with Crippen LogP contribution >= 0.6 is 0 Å². The van der Waals surface area contributed by atoms with Gasteiger partial charge in [0.05, 0.1) is 12.2 Å². The number of amides is 1. The van der Waals surface area contributed by atoms with E-state index in [0.717, 1.165) is 24.1 Å². The van der Waals surface area contributed by atoms with Gasteiger partial charge in [-0.05, 0) is 31.0 Å². The van der Waals surface area contributed by atoms with Gasteiger partial charge in [0.2, 0.25) is 0 Å². The summed E-state index contributed by atoms with van der Waals surface area (Å²) in [5.41, 5.74) is 2.62. The fraction of sp³-hybridized carbons (Fsp3) is 0.533. The van der Waals surface area contributed by atoms with Gasteiger partial charge in [-0.1, -0.05) is 19.4 Å². The molecule has 0 aliphatic carbocycles. The number of rotatable bonds is 7. The Morgan fingerprint density at radius 2 is 2.11 bits per heavy atom. The van der Waals surface area contributed by atoms with Gasteiger partial charge in [-0.2, -0.15) is 0 Å². The van der Waals surface area contributed by atoms with Gasteiger partial charge in [0.15, 0.2) is 0 Å². The molecule has 1 amide bonds. The molecule has 1 aromatic carbocycles. The van der Waals surface area contributed by atoms with E-state index >= 15 is 0 Å². The number of hydrogen-bond donors (Lipinski definition) is 2. The number of anilines is 1. The highest BCUT2D eigenvalue weighted by atomic mass is 16.3. The van der Waals surface area contributed by atoms with E-state index in [4.69, 9.17) is 5.11 Å². The Bertz CT molecular complexity index is 419. The summed E-state index contributed by atoms with van der Waals surface area (Å²) in [6, 6.07) is 5.75. The van der Waals surface area contributed by atoms with E-state index in [1.807, 2.05) is 32.2 Å². The number of unbranched alkanes of at least 4 members (excludes halogenated alkanes) is 1. The van der Waals surface area contributed by atoms with E-state index in [0.29, 0.717) is 18.7 Å². The molecule has 0 atom stereocenters. The number of benzene rings is 1. The molecule has 106 valence electrons. The molecule has 0 saturated carbocycles. The van der Waals surface area contributed by atoms with Crippen molar-refractivity contribution in [1.82, 2.24) is 4.90 Å². The lowest BCUT2D eigenvalue weighted by Crippen LogP contribution is -2.34. The van der Waals surface area contributed by atoms with Gasteiger partial charge in [0.1, 0.15) is 0 Å². The van der Waals surface area contributed by atoms with Gasteiger partial charge in [0.25, 0.3) is 5.91 Å². The molecule has 0 saturated heterocycles. The third-order valence-corrected chi connectivity index (χ3v) is 3.11. The zero-order chi connectivity index (χ0) is 14.3. The highest BCUT2D eigenvalue weighted by Crippen LogP contribution is 2.19. The normalized spacial score (nSPS) is 10.3. The van der Waals surface area contributed by atoms with Crippen LogP contribution in [0.1, 0.15) is 35.7 Å². The maximum absolute atomic E-state index is 12.5. The van der Waals surface area contributed by atoms with Crippen molar-refractivity contribution < 1.29 is 9.90 Å². The van der Waals surface area contributed by atoms with Crippen molar-refractivity contribution in [3.05, 3.63) is 29.3 Å². The number of nitrogens with one attached hydrogen (secondary N) is 1. The minimum Gasteiger partial charge on any atom is -0.395 e. The van der Waals surface area contributed by atoms with Crippen LogP contribution in [0.15, 0.2) is 18.2 Å². The SMILES string of the molecule is CCCCN(CCO)C(=O)c1ccc(C)cc1NC. The summed E-state index contributed by atoms with van der Waals surface area (Å²) in [6.45, 7) is 5.16. The van der Waals surface area contributed by atoms with Crippen LogP contribution in [0.5, 0.6) is 0 Å². The molecule has 0 heterocycles. The summed E-state index contributed by atoms with van der Waals surface area (Å²) < 4.78 is 0. The standard InChI is InChI=1S/C15H24N2O2/c1-4-5-8-17(9-10-18)15(19)13-7-6-12(2)11-14(13)16-3/h6-7,11,16,18H,4-5,8-10H2,1-3H3. The second-order valence-corrected chi connectivity index (χ2v) is 4.67. The lowest BCUT2D eigenvalue weighted by molar-refractivity contribution is 0.0720. The Balaban J connectivity index is 2.94. The Labute approximate surface area is 115 Å². The highest BCUT2D eigenvalue weighted by molar-refractivity contribution is 5.99. The van der Waals surface area contributed by atoms with Crippen LogP contribution in [-0.2, 0) is 0 Å². The summed E-state index contributed by atoms with van der Waals surface area (Å²) in [6.07, 6.45) is 1.98. The average Bonchev–Trinajstić information content (AvgIpc) is 2.42. The molecule has 1 rings (SSSR count). The predicted octanol–water partition coefficient (Wildman–Crippen LogP) is 2.27. The van der Waals surface area contributed by atoms with Crippen LogP contribution < -0.4 is 5.32 Å². The molecule has 19 heavy (non-hydrogen) atoms. The Kier molecular flexibility index (Phi) is 6.36. The van der Waals surface area contributed by atoms with Crippen molar-refractivity contribution >= 4 is 11.6 Å². The minimum absolute atomic E-state index is 0.00377. The van der Waals surface area contributed by atoms with Crippen LogP contribution in [0.3, 0.4) is 0 Å². The Hall–Kier alpha value is -1.55. The van der Waals surface area contributed by atoms with Gasteiger partial charge in [-0.25, -0.2) is 0 Å². The summed E-state index contributed by atoms with van der Waals surface area (Å²) in [5.74, 6) is -0.0214. The molecule has 0 aliphatic rings. The van der Waals surface area contributed by atoms with E-state index in [1.54, 1.807) is 4.90 Å². The minimum atomic E-state index is -0.0214. The largest absolute Gasteiger partial charge is 0.395 e. The topological polar surface area (TPSA) is 52.6 Å². The molecule has 4 heteroatoms. The predicted molar refractivity (Wildman–Crippen MR) is 78.6 cm³/mol. The molecule has 2 N–H and O–H groups in total. The van der Waals surface area contributed by atoms with E-state index < -0.39 is 0 Å². The van der Waals surface area contributed by atoms with E-state index in [9.17, 15) is 4.79 Å². The number of aliphatic hydroxyl groups is 1. The van der Waals surface area contributed by atoms with E-state index in [2.05, 4.69) is 12.2 Å². The van der Waals surface area contributed by atoms with E-state index in [1.165, 1.54) is 0 Å². The van der Waals surface area contributed by atoms with Crippen LogP contribution in [-0.4, -0.2) is 42.7 Å². The first-order chi connectivity index (χ1) is 9.13. The molecule has 0 aromatic heterocycles. The maximum Gasteiger partial charge on any atom is 0.256 e. The third kappa shape index (κ3) is 4.24. The fourth-order valence-corrected chi connectivity index (χ4v) is 2.01. The van der Waals surface area contributed by atoms with Crippen LogP contribution in [0, 0.1) is 6.92 Å². The highest BCUT2D eigenvalue weighted by Gasteiger charge is 2.17. The molecule has 0 radical (unpaired) electrons. The van der Waals surface area contributed by atoms with Crippen LogP contribution in [0.2, 0.25) is 0 Å². The molecule has 0 aliphatic heterocycles. The third-order valence-electron chi connectivity index (χ3n) is 3.11. The molecule has 0 bridgehead atoms. The van der Waals surface area contributed by atoms with Gasteiger partial charge >= 0.3 is 0 Å². The van der Waals surface area contributed by atoms with Crippen molar-refractivity contribution in [2.45, 2.75) is 26.7 Å². The zero-order valence-electron chi connectivity index (χ0n) is 12.1. The first-order valence-electron chi connectivity index (χ1n) is 6.82. The Morgan fingerprint density at radius 1 is 1.37 bits per heavy atom. The van der Waals surface area contributed by atoms with Crippen molar-refractivity contribution in [1.29, 1.82) is 0 Å². The van der Waals surface area contributed by atoms with E-state index in [-0.39, 0.29) is 12.5 Å². The number of carbonyl (C=O) groups is 1. The van der Waals surface area contributed by atoms with Crippen molar-refractivity contribution in [3.63, 3.8) is 0 Å². The summed E-state index contributed by atoms with van der Waals surface area (Å²) >= 11 is 0. The van der Waals surface area contributed by atoms with Crippen molar-refractivity contribution in [3.8, 4) is 0 Å². The summed E-state index contributed by atoms with van der Waals surface area (Å²) in [7, 11) is 1.81. The second kappa shape index (κ2) is 7.79.